The van der Waals surface area contributed by atoms with Crippen LogP contribution in [-0.2, 0) is 0 Å². The van der Waals surface area contributed by atoms with Gasteiger partial charge in [-0.1, -0.05) is 35.3 Å². The van der Waals surface area contributed by atoms with Crippen molar-refractivity contribution in [3.05, 3.63) is 57.6 Å². The SMILES string of the molecule is COc1ccc(C(=O)N/N=C\c2cccc(Cl)c2Cl)cc1OC. The first-order chi connectivity index (χ1) is 11.1. The van der Waals surface area contributed by atoms with Crippen LogP contribution >= 0.6 is 23.2 Å². The van der Waals surface area contributed by atoms with E-state index in [0.717, 1.165) is 0 Å². The summed E-state index contributed by atoms with van der Waals surface area (Å²) in [5, 5.41) is 4.67. The molecule has 0 fully saturated rings. The Morgan fingerprint density at radius 2 is 1.87 bits per heavy atom. The number of halogens is 2. The van der Waals surface area contributed by atoms with E-state index < -0.39 is 0 Å². The van der Waals surface area contributed by atoms with E-state index in [4.69, 9.17) is 32.7 Å². The Balaban J connectivity index is 2.10. The minimum absolute atomic E-state index is 0.373. The third-order valence-electron chi connectivity index (χ3n) is 3.00. The molecular weight excluding hydrogens is 339 g/mol. The van der Waals surface area contributed by atoms with Gasteiger partial charge in [0.1, 0.15) is 0 Å². The summed E-state index contributed by atoms with van der Waals surface area (Å²) in [5.74, 6) is 0.612. The summed E-state index contributed by atoms with van der Waals surface area (Å²) in [5.41, 5.74) is 3.40. The van der Waals surface area contributed by atoms with Crippen molar-refractivity contribution in [1.29, 1.82) is 0 Å². The maximum atomic E-state index is 12.1. The largest absolute Gasteiger partial charge is 0.493 e. The first-order valence-electron chi connectivity index (χ1n) is 6.56. The molecule has 0 aromatic heterocycles. The molecule has 0 saturated heterocycles. The van der Waals surface area contributed by atoms with Gasteiger partial charge in [0, 0.05) is 11.1 Å². The van der Waals surface area contributed by atoms with E-state index >= 15 is 0 Å². The Bertz CT molecular complexity index is 748. The lowest BCUT2D eigenvalue weighted by molar-refractivity contribution is 0.0954. The van der Waals surface area contributed by atoms with E-state index in [0.29, 0.717) is 32.7 Å². The molecule has 23 heavy (non-hydrogen) atoms. The quantitative estimate of drug-likeness (QED) is 0.658. The van der Waals surface area contributed by atoms with Crippen LogP contribution in [0, 0.1) is 0 Å². The van der Waals surface area contributed by atoms with Crippen LogP contribution in [0.15, 0.2) is 41.5 Å². The number of carbonyl (C=O) groups is 1. The van der Waals surface area contributed by atoms with Crippen molar-refractivity contribution in [2.75, 3.05) is 14.2 Å². The van der Waals surface area contributed by atoms with Gasteiger partial charge in [0.05, 0.1) is 30.5 Å². The molecule has 0 atom stereocenters. The fourth-order valence-corrected chi connectivity index (χ4v) is 2.18. The molecule has 7 heteroatoms. The summed E-state index contributed by atoms with van der Waals surface area (Å²) in [6.45, 7) is 0. The monoisotopic (exact) mass is 352 g/mol. The standard InChI is InChI=1S/C16H14Cl2N2O3/c1-22-13-7-6-10(8-14(13)23-2)16(21)20-19-9-11-4-3-5-12(17)15(11)18/h3-9H,1-2H3,(H,20,21)/b19-9-. The zero-order valence-corrected chi connectivity index (χ0v) is 14.0. The lowest BCUT2D eigenvalue weighted by Gasteiger charge is -2.08. The van der Waals surface area contributed by atoms with Crippen molar-refractivity contribution < 1.29 is 14.3 Å². The lowest BCUT2D eigenvalue weighted by atomic mass is 10.2. The lowest BCUT2D eigenvalue weighted by Crippen LogP contribution is -2.17. The molecule has 1 amide bonds. The molecule has 1 N–H and O–H groups in total. The molecule has 0 aliphatic rings. The number of ether oxygens (including phenoxy) is 2. The highest BCUT2D eigenvalue weighted by Gasteiger charge is 2.10. The van der Waals surface area contributed by atoms with Crippen molar-refractivity contribution >= 4 is 35.3 Å². The molecule has 0 bridgehead atoms. The Morgan fingerprint density at radius 3 is 2.57 bits per heavy atom. The molecule has 0 saturated carbocycles. The van der Waals surface area contributed by atoms with Gasteiger partial charge in [-0.15, -0.1) is 0 Å². The van der Waals surface area contributed by atoms with Crippen LogP contribution in [0.1, 0.15) is 15.9 Å². The van der Waals surface area contributed by atoms with Gasteiger partial charge >= 0.3 is 0 Å². The summed E-state index contributed by atoms with van der Waals surface area (Å²) in [4.78, 5) is 12.1. The maximum Gasteiger partial charge on any atom is 0.271 e. The first-order valence-corrected chi connectivity index (χ1v) is 7.32. The summed E-state index contributed by atoms with van der Waals surface area (Å²) in [6.07, 6.45) is 1.42. The highest BCUT2D eigenvalue weighted by atomic mass is 35.5. The molecule has 2 aromatic rings. The van der Waals surface area contributed by atoms with Crippen molar-refractivity contribution in [1.82, 2.24) is 5.43 Å². The Kier molecular flexibility index (Phi) is 5.84. The fraction of sp³-hybridized carbons (Fsp3) is 0.125. The molecule has 5 nitrogen and oxygen atoms in total. The topological polar surface area (TPSA) is 59.9 Å². The number of rotatable bonds is 5. The summed E-state index contributed by atoms with van der Waals surface area (Å²) >= 11 is 11.9. The van der Waals surface area contributed by atoms with Gasteiger partial charge in [-0.3, -0.25) is 4.79 Å². The molecule has 0 unspecified atom stereocenters. The van der Waals surface area contributed by atoms with E-state index in [1.807, 2.05) is 0 Å². The van der Waals surface area contributed by atoms with E-state index in [-0.39, 0.29) is 5.91 Å². The molecule has 0 aliphatic heterocycles. The highest BCUT2D eigenvalue weighted by molar-refractivity contribution is 6.43. The third kappa shape index (κ3) is 4.15. The highest BCUT2D eigenvalue weighted by Crippen LogP contribution is 2.27. The first kappa shape index (κ1) is 17.1. The van der Waals surface area contributed by atoms with Crippen LogP contribution in [0.4, 0.5) is 0 Å². The number of carbonyl (C=O) groups excluding carboxylic acids is 1. The number of hydrazone groups is 1. The second kappa shape index (κ2) is 7.85. The number of nitrogens with one attached hydrogen (secondary N) is 1. The van der Waals surface area contributed by atoms with E-state index in [1.54, 1.807) is 36.4 Å². The Morgan fingerprint density at radius 1 is 1.13 bits per heavy atom. The van der Waals surface area contributed by atoms with Gasteiger partial charge in [-0.05, 0) is 24.3 Å². The van der Waals surface area contributed by atoms with Gasteiger partial charge in [0.25, 0.3) is 5.91 Å². The molecule has 0 aliphatic carbocycles. The van der Waals surface area contributed by atoms with Gasteiger partial charge in [-0.2, -0.15) is 5.10 Å². The third-order valence-corrected chi connectivity index (χ3v) is 3.83. The second-order valence-electron chi connectivity index (χ2n) is 4.41. The van der Waals surface area contributed by atoms with Crippen LogP contribution < -0.4 is 14.9 Å². The number of nitrogens with zero attached hydrogens (tertiary/aromatic N) is 1. The molecular formula is C16H14Cl2N2O3. The van der Waals surface area contributed by atoms with Crippen molar-refractivity contribution in [3.8, 4) is 11.5 Å². The zero-order chi connectivity index (χ0) is 16.8. The van der Waals surface area contributed by atoms with Gasteiger partial charge < -0.3 is 9.47 Å². The van der Waals surface area contributed by atoms with Crippen LogP contribution in [0.3, 0.4) is 0 Å². The zero-order valence-electron chi connectivity index (χ0n) is 12.5. The van der Waals surface area contributed by atoms with E-state index in [1.165, 1.54) is 20.4 Å². The second-order valence-corrected chi connectivity index (χ2v) is 5.20. The number of hydrogen-bond donors (Lipinski definition) is 1. The molecule has 120 valence electrons. The number of amides is 1. The molecule has 0 heterocycles. The predicted molar refractivity (Wildman–Crippen MR) is 91.1 cm³/mol. The van der Waals surface area contributed by atoms with Gasteiger partial charge in [0.15, 0.2) is 11.5 Å². The normalized spacial score (nSPS) is 10.6. The van der Waals surface area contributed by atoms with Gasteiger partial charge in [-0.25, -0.2) is 5.43 Å². The molecule has 2 rings (SSSR count). The maximum absolute atomic E-state index is 12.1. The Labute approximate surface area is 143 Å². The van der Waals surface area contributed by atoms with Crippen LogP contribution in [0.5, 0.6) is 11.5 Å². The average Bonchev–Trinajstić information content (AvgIpc) is 2.57. The summed E-state index contributed by atoms with van der Waals surface area (Å²) in [7, 11) is 3.02. The van der Waals surface area contributed by atoms with E-state index in [9.17, 15) is 4.79 Å². The predicted octanol–water partition coefficient (Wildman–Crippen LogP) is 3.77. The van der Waals surface area contributed by atoms with Crippen molar-refractivity contribution in [2.45, 2.75) is 0 Å². The summed E-state index contributed by atoms with van der Waals surface area (Å²) in [6, 6.07) is 9.97. The average molecular weight is 353 g/mol. The van der Waals surface area contributed by atoms with Gasteiger partial charge in [0.2, 0.25) is 0 Å². The van der Waals surface area contributed by atoms with Crippen molar-refractivity contribution in [3.63, 3.8) is 0 Å². The minimum atomic E-state index is -0.389. The molecule has 2 aromatic carbocycles. The van der Waals surface area contributed by atoms with Crippen LogP contribution in [0.2, 0.25) is 10.0 Å². The molecule has 0 radical (unpaired) electrons. The minimum Gasteiger partial charge on any atom is -0.493 e. The smallest absolute Gasteiger partial charge is 0.271 e. The Hall–Kier alpha value is -2.24. The summed E-state index contributed by atoms with van der Waals surface area (Å²) < 4.78 is 10.3. The fourth-order valence-electron chi connectivity index (χ4n) is 1.82. The van der Waals surface area contributed by atoms with Crippen molar-refractivity contribution in [2.24, 2.45) is 5.10 Å². The van der Waals surface area contributed by atoms with Crippen LogP contribution in [-0.4, -0.2) is 26.3 Å². The molecule has 0 spiro atoms. The number of methoxy groups -OCH3 is 2. The van der Waals surface area contributed by atoms with E-state index in [2.05, 4.69) is 10.5 Å². The number of benzene rings is 2. The number of hydrogen-bond acceptors (Lipinski definition) is 4. The van der Waals surface area contributed by atoms with Crippen LogP contribution in [0.25, 0.3) is 0 Å².